The molecule has 0 radical (unpaired) electrons. The predicted molar refractivity (Wildman–Crippen MR) is 101 cm³/mol. The van der Waals surface area contributed by atoms with Crippen LogP contribution in [0.25, 0.3) is 0 Å². The molecule has 0 heterocycles. The second kappa shape index (κ2) is 9.07. The van der Waals surface area contributed by atoms with Gasteiger partial charge in [-0.15, -0.1) is 0 Å². The lowest BCUT2D eigenvalue weighted by Gasteiger charge is -2.21. The fourth-order valence-electron chi connectivity index (χ4n) is 3.02. The number of hydrogen-bond acceptors (Lipinski definition) is 2. The number of aryl methyl sites for hydroxylation is 1. The minimum absolute atomic E-state index is 0.238. The molecule has 1 unspecified atom stereocenters. The first-order valence-electron chi connectivity index (χ1n) is 9.28. The van der Waals surface area contributed by atoms with E-state index in [-0.39, 0.29) is 6.04 Å². The molecule has 1 fully saturated rings. The Morgan fingerprint density at radius 2 is 2.04 bits per heavy atom. The zero-order valence-corrected chi connectivity index (χ0v) is 15.7. The van der Waals surface area contributed by atoms with Crippen LogP contribution in [-0.2, 0) is 4.74 Å². The molecular weight excluding hydrogens is 298 g/mol. The van der Waals surface area contributed by atoms with Crippen LogP contribution in [0.4, 0.5) is 0 Å². The molecule has 0 bridgehead atoms. The van der Waals surface area contributed by atoms with Crippen LogP contribution >= 0.6 is 0 Å². The van der Waals surface area contributed by atoms with E-state index in [2.05, 4.69) is 62.6 Å². The van der Waals surface area contributed by atoms with Crippen LogP contribution in [-0.4, -0.2) is 32.3 Å². The highest BCUT2D eigenvalue weighted by atomic mass is 16.5. The van der Waals surface area contributed by atoms with Gasteiger partial charge in [0.1, 0.15) is 0 Å². The van der Waals surface area contributed by atoms with Gasteiger partial charge < -0.3 is 15.4 Å². The Labute approximate surface area is 147 Å². The number of rotatable bonds is 9. The van der Waals surface area contributed by atoms with Crippen LogP contribution in [0.3, 0.4) is 0 Å². The molecule has 0 amide bonds. The smallest absolute Gasteiger partial charge is 0.191 e. The van der Waals surface area contributed by atoms with Crippen molar-refractivity contribution in [2.45, 2.75) is 53.0 Å². The molecule has 24 heavy (non-hydrogen) atoms. The fourth-order valence-corrected chi connectivity index (χ4v) is 3.02. The summed E-state index contributed by atoms with van der Waals surface area (Å²) in [4.78, 5) is 4.86. The zero-order valence-electron chi connectivity index (χ0n) is 15.7. The Balaban J connectivity index is 1.95. The molecule has 0 aromatic heterocycles. The Bertz CT molecular complexity index is 537. The second-order valence-electron chi connectivity index (χ2n) is 6.86. The van der Waals surface area contributed by atoms with Crippen molar-refractivity contribution in [3.05, 3.63) is 35.4 Å². The van der Waals surface area contributed by atoms with E-state index < -0.39 is 0 Å². The number of nitrogens with zero attached hydrogens (tertiary/aromatic N) is 1. The van der Waals surface area contributed by atoms with Gasteiger partial charge in [0.2, 0.25) is 0 Å². The Hall–Kier alpha value is -1.55. The number of nitrogens with one attached hydrogen (secondary N) is 2. The quantitative estimate of drug-likeness (QED) is 0.411. The minimum atomic E-state index is 0.238. The first-order chi connectivity index (χ1) is 11.6. The molecule has 134 valence electrons. The highest BCUT2D eigenvalue weighted by Gasteiger charge is 2.41. The molecule has 0 aliphatic heterocycles. The lowest BCUT2D eigenvalue weighted by Crippen LogP contribution is -2.39. The number of hydrogen-bond donors (Lipinski definition) is 2. The van der Waals surface area contributed by atoms with E-state index in [9.17, 15) is 0 Å². The summed E-state index contributed by atoms with van der Waals surface area (Å²) in [7, 11) is 0. The predicted octanol–water partition coefficient (Wildman–Crippen LogP) is 3.82. The molecule has 1 aromatic carbocycles. The van der Waals surface area contributed by atoms with Gasteiger partial charge >= 0.3 is 0 Å². The molecule has 2 rings (SSSR count). The van der Waals surface area contributed by atoms with Gasteiger partial charge in [-0.1, -0.05) is 24.3 Å². The summed E-state index contributed by atoms with van der Waals surface area (Å²) in [6.07, 6.45) is 3.67. The monoisotopic (exact) mass is 331 g/mol. The maximum atomic E-state index is 5.52. The minimum Gasteiger partial charge on any atom is -0.382 e. The van der Waals surface area contributed by atoms with Crippen molar-refractivity contribution < 1.29 is 4.74 Å². The summed E-state index contributed by atoms with van der Waals surface area (Å²) in [6, 6.07) is 8.76. The van der Waals surface area contributed by atoms with Crippen molar-refractivity contribution in [3.8, 4) is 0 Å². The average molecular weight is 332 g/mol. The van der Waals surface area contributed by atoms with E-state index in [4.69, 9.17) is 9.73 Å². The summed E-state index contributed by atoms with van der Waals surface area (Å²) in [5.41, 5.74) is 3.01. The summed E-state index contributed by atoms with van der Waals surface area (Å²) in [5.74, 6) is 0.913. The van der Waals surface area contributed by atoms with Gasteiger partial charge in [0.25, 0.3) is 0 Å². The standard InChI is InChI=1S/C20H33N3O/c1-5-21-19(22-15-20(11-12-20)13-14-24-6-2)23-17(4)18-10-8-7-9-16(18)3/h7-10,17H,5-6,11-15H2,1-4H3,(H2,21,22,23). The molecular formula is C20H33N3O. The van der Waals surface area contributed by atoms with Crippen LogP contribution < -0.4 is 10.6 Å². The molecule has 1 atom stereocenters. The SMILES string of the molecule is CCNC(=NCC1(CCOCC)CC1)NC(C)c1ccccc1C. The third-order valence-electron chi connectivity index (χ3n) is 4.86. The summed E-state index contributed by atoms with van der Waals surface area (Å²) in [5, 5.41) is 6.93. The molecule has 1 aliphatic rings. The van der Waals surface area contributed by atoms with Gasteiger partial charge in [-0.3, -0.25) is 4.99 Å². The van der Waals surface area contributed by atoms with Crippen molar-refractivity contribution in [3.63, 3.8) is 0 Å². The third kappa shape index (κ3) is 5.52. The zero-order chi connectivity index (χ0) is 17.4. The van der Waals surface area contributed by atoms with Crippen molar-refractivity contribution in [1.82, 2.24) is 10.6 Å². The first kappa shape index (κ1) is 18.8. The molecule has 2 N–H and O–H groups in total. The van der Waals surface area contributed by atoms with E-state index in [0.717, 1.165) is 38.7 Å². The second-order valence-corrected chi connectivity index (χ2v) is 6.86. The molecule has 4 heteroatoms. The van der Waals surface area contributed by atoms with Crippen molar-refractivity contribution in [2.75, 3.05) is 26.3 Å². The Kier molecular flexibility index (Phi) is 7.10. The van der Waals surface area contributed by atoms with Gasteiger partial charge in [0.05, 0.1) is 6.04 Å². The van der Waals surface area contributed by atoms with Gasteiger partial charge in [-0.05, 0) is 63.5 Å². The van der Waals surface area contributed by atoms with E-state index in [1.165, 1.54) is 24.0 Å². The van der Waals surface area contributed by atoms with E-state index in [1.807, 2.05) is 0 Å². The molecule has 4 nitrogen and oxygen atoms in total. The lowest BCUT2D eigenvalue weighted by molar-refractivity contribution is 0.129. The maximum absolute atomic E-state index is 5.52. The molecule has 1 aliphatic carbocycles. The Morgan fingerprint density at radius 1 is 1.29 bits per heavy atom. The van der Waals surface area contributed by atoms with Crippen LogP contribution in [0.15, 0.2) is 29.3 Å². The van der Waals surface area contributed by atoms with Crippen molar-refractivity contribution >= 4 is 5.96 Å². The first-order valence-corrected chi connectivity index (χ1v) is 9.28. The number of benzene rings is 1. The summed E-state index contributed by atoms with van der Waals surface area (Å²) >= 11 is 0. The van der Waals surface area contributed by atoms with Gasteiger partial charge in [-0.2, -0.15) is 0 Å². The molecule has 1 aromatic rings. The van der Waals surface area contributed by atoms with Gasteiger partial charge in [0.15, 0.2) is 5.96 Å². The van der Waals surface area contributed by atoms with Crippen LogP contribution in [0.2, 0.25) is 0 Å². The maximum Gasteiger partial charge on any atom is 0.191 e. The largest absolute Gasteiger partial charge is 0.382 e. The summed E-state index contributed by atoms with van der Waals surface area (Å²) in [6.45, 7) is 11.9. The van der Waals surface area contributed by atoms with Crippen LogP contribution in [0, 0.1) is 12.3 Å². The number of aliphatic imine (C=N–C) groups is 1. The number of ether oxygens (including phenoxy) is 1. The molecule has 0 spiro atoms. The molecule has 1 saturated carbocycles. The highest BCUT2D eigenvalue weighted by Crippen LogP contribution is 2.49. The Morgan fingerprint density at radius 3 is 2.67 bits per heavy atom. The molecule has 0 saturated heterocycles. The van der Waals surface area contributed by atoms with Crippen molar-refractivity contribution in [2.24, 2.45) is 10.4 Å². The fraction of sp³-hybridized carbons (Fsp3) is 0.650. The average Bonchev–Trinajstić information content (AvgIpc) is 3.34. The van der Waals surface area contributed by atoms with Gasteiger partial charge in [-0.25, -0.2) is 0 Å². The van der Waals surface area contributed by atoms with Crippen LogP contribution in [0.1, 0.15) is 57.2 Å². The summed E-state index contributed by atoms with van der Waals surface area (Å²) < 4.78 is 5.52. The highest BCUT2D eigenvalue weighted by molar-refractivity contribution is 5.80. The van der Waals surface area contributed by atoms with Crippen molar-refractivity contribution in [1.29, 1.82) is 0 Å². The lowest BCUT2D eigenvalue weighted by atomic mass is 10.0. The van der Waals surface area contributed by atoms with E-state index in [1.54, 1.807) is 0 Å². The van der Waals surface area contributed by atoms with Gasteiger partial charge in [0, 0.05) is 26.3 Å². The normalized spacial score (nSPS) is 17.4. The van der Waals surface area contributed by atoms with E-state index in [0.29, 0.717) is 5.41 Å². The topological polar surface area (TPSA) is 45.7 Å². The third-order valence-corrected chi connectivity index (χ3v) is 4.86. The van der Waals surface area contributed by atoms with Crippen LogP contribution in [0.5, 0.6) is 0 Å². The number of guanidine groups is 1. The van der Waals surface area contributed by atoms with E-state index >= 15 is 0 Å².